The van der Waals surface area contributed by atoms with E-state index in [0.717, 1.165) is 12.8 Å². The zero-order valence-corrected chi connectivity index (χ0v) is 11.2. The summed E-state index contributed by atoms with van der Waals surface area (Å²) in [5.74, 6) is 0.147. The zero-order valence-electron chi connectivity index (χ0n) is 11.2. The summed E-state index contributed by atoms with van der Waals surface area (Å²) in [6, 6.07) is 0. The summed E-state index contributed by atoms with van der Waals surface area (Å²) in [5, 5.41) is 7.42. The number of hydrogen-bond acceptors (Lipinski definition) is 1. The average Bonchev–Trinajstić information content (AvgIpc) is 2.23. The molecule has 0 unspecified atom stereocenters. The fraction of sp³-hybridized carbons (Fsp3) is 0.786. The second-order valence-electron chi connectivity index (χ2n) is 4.13. The maximum atomic E-state index is 9.00. The van der Waals surface area contributed by atoms with Crippen LogP contribution in [0.5, 0.6) is 0 Å². The van der Waals surface area contributed by atoms with Gasteiger partial charge in [-0.2, -0.15) is 0 Å². The molecule has 0 aliphatic rings. The molecule has 0 aromatic carbocycles. The lowest BCUT2D eigenvalue weighted by molar-refractivity contribution is -0.134. The summed E-state index contributed by atoms with van der Waals surface area (Å²) < 4.78 is 0. The Morgan fingerprint density at radius 2 is 1.75 bits per heavy atom. The summed E-state index contributed by atoms with van der Waals surface area (Å²) in [4.78, 5) is 9.00. The third-order valence-electron chi connectivity index (χ3n) is 2.68. The number of carboxylic acids is 1. The molecule has 2 nitrogen and oxygen atoms in total. The van der Waals surface area contributed by atoms with Crippen LogP contribution >= 0.6 is 0 Å². The number of carbonyl (C=O) groups is 1. The van der Waals surface area contributed by atoms with Crippen molar-refractivity contribution in [1.29, 1.82) is 0 Å². The monoisotopic (exact) mass is 228 g/mol. The number of unbranched alkanes of at least 4 members (excludes halogenated alkanes) is 3. The van der Waals surface area contributed by atoms with Crippen LogP contribution in [0.4, 0.5) is 0 Å². The highest BCUT2D eigenvalue weighted by Crippen LogP contribution is 2.16. The Balaban J connectivity index is 0. The molecule has 0 atom stereocenters. The van der Waals surface area contributed by atoms with E-state index in [1.165, 1.54) is 44.9 Å². The van der Waals surface area contributed by atoms with Crippen molar-refractivity contribution >= 4 is 5.97 Å². The van der Waals surface area contributed by atoms with Crippen molar-refractivity contribution in [3.05, 3.63) is 12.7 Å². The molecular weight excluding hydrogens is 200 g/mol. The molecule has 0 heterocycles. The van der Waals surface area contributed by atoms with E-state index in [1.54, 1.807) is 0 Å². The zero-order chi connectivity index (χ0) is 12.8. The van der Waals surface area contributed by atoms with Crippen molar-refractivity contribution in [2.45, 2.75) is 65.7 Å². The molecule has 0 aliphatic carbocycles. The van der Waals surface area contributed by atoms with Crippen LogP contribution in [0, 0.1) is 5.92 Å². The summed E-state index contributed by atoms with van der Waals surface area (Å²) in [5.41, 5.74) is 0. The fourth-order valence-electron chi connectivity index (χ4n) is 1.60. The molecule has 16 heavy (non-hydrogen) atoms. The first-order valence-corrected chi connectivity index (χ1v) is 6.38. The predicted octanol–water partition coefficient (Wildman–Crippen LogP) is 4.65. The van der Waals surface area contributed by atoms with Crippen LogP contribution < -0.4 is 0 Å². The molecule has 0 aliphatic heterocycles. The lowest BCUT2D eigenvalue weighted by Crippen LogP contribution is -1.95. The van der Waals surface area contributed by atoms with E-state index in [1.807, 2.05) is 6.08 Å². The molecule has 0 rings (SSSR count). The molecule has 0 fully saturated rings. The Kier molecular flexibility index (Phi) is 15.6. The van der Waals surface area contributed by atoms with Crippen LogP contribution in [0.25, 0.3) is 0 Å². The van der Waals surface area contributed by atoms with Gasteiger partial charge < -0.3 is 5.11 Å². The minimum Gasteiger partial charge on any atom is -0.481 e. The molecule has 1 N–H and O–H groups in total. The van der Waals surface area contributed by atoms with Crippen LogP contribution in [-0.4, -0.2) is 11.1 Å². The van der Waals surface area contributed by atoms with Gasteiger partial charge in [-0.25, -0.2) is 0 Å². The Labute approximate surface area is 101 Å². The van der Waals surface area contributed by atoms with Crippen molar-refractivity contribution in [3.63, 3.8) is 0 Å². The third-order valence-corrected chi connectivity index (χ3v) is 2.68. The van der Waals surface area contributed by atoms with E-state index in [0.29, 0.717) is 0 Å². The van der Waals surface area contributed by atoms with E-state index < -0.39 is 5.97 Å². The van der Waals surface area contributed by atoms with Gasteiger partial charge in [0.25, 0.3) is 5.97 Å². The first-order chi connectivity index (χ1) is 7.58. The van der Waals surface area contributed by atoms with Crippen molar-refractivity contribution < 1.29 is 9.90 Å². The molecule has 0 radical (unpaired) electrons. The Morgan fingerprint density at radius 3 is 2.12 bits per heavy atom. The molecule has 0 bridgehead atoms. The Hall–Kier alpha value is -0.790. The van der Waals surface area contributed by atoms with Crippen LogP contribution in [-0.2, 0) is 4.79 Å². The predicted molar refractivity (Wildman–Crippen MR) is 70.7 cm³/mol. The second kappa shape index (κ2) is 14.2. The Bertz CT molecular complexity index is 156. The maximum absolute atomic E-state index is 9.00. The van der Waals surface area contributed by atoms with Gasteiger partial charge in [0.2, 0.25) is 0 Å². The van der Waals surface area contributed by atoms with Gasteiger partial charge in [0.05, 0.1) is 0 Å². The van der Waals surface area contributed by atoms with Crippen LogP contribution in [0.1, 0.15) is 65.7 Å². The highest BCUT2D eigenvalue weighted by atomic mass is 16.4. The summed E-state index contributed by atoms with van der Waals surface area (Å²) in [6.07, 6.45) is 11.5. The molecule has 0 spiro atoms. The summed E-state index contributed by atoms with van der Waals surface area (Å²) in [7, 11) is 0. The van der Waals surface area contributed by atoms with Crippen molar-refractivity contribution in [2.75, 3.05) is 0 Å². The van der Waals surface area contributed by atoms with Gasteiger partial charge in [-0.3, -0.25) is 4.79 Å². The largest absolute Gasteiger partial charge is 0.481 e. The van der Waals surface area contributed by atoms with Crippen molar-refractivity contribution in [3.8, 4) is 0 Å². The molecule has 0 saturated heterocycles. The number of rotatable bonds is 8. The third kappa shape index (κ3) is 18.9. The minimum absolute atomic E-state index is 0.833. The molecule has 2 heteroatoms. The smallest absolute Gasteiger partial charge is 0.300 e. The van der Waals surface area contributed by atoms with E-state index in [-0.39, 0.29) is 0 Å². The SMILES string of the molecule is C=CCCCCCC(CC)CC.CC(=O)O. The van der Waals surface area contributed by atoms with E-state index >= 15 is 0 Å². The number of hydrogen-bond donors (Lipinski definition) is 1. The molecule has 0 saturated carbocycles. The first-order valence-electron chi connectivity index (χ1n) is 6.38. The van der Waals surface area contributed by atoms with Gasteiger partial charge in [-0.15, -0.1) is 6.58 Å². The van der Waals surface area contributed by atoms with Crippen LogP contribution in [0.15, 0.2) is 12.7 Å². The number of aliphatic carboxylic acids is 1. The molecule has 0 amide bonds. The first kappa shape index (κ1) is 17.6. The second-order valence-corrected chi connectivity index (χ2v) is 4.13. The van der Waals surface area contributed by atoms with Crippen LogP contribution in [0.2, 0.25) is 0 Å². The molecule has 0 aromatic heterocycles. The van der Waals surface area contributed by atoms with E-state index in [2.05, 4.69) is 20.4 Å². The van der Waals surface area contributed by atoms with Gasteiger partial charge in [0.1, 0.15) is 0 Å². The average molecular weight is 228 g/mol. The standard InChI is InChI=1S/C12H24.C2H4O2/c1-4-7-8-9-10-11-12(5-2)6-3;1-2(3)4/h4,12H,1,5-11H2,2-3H3;1H3,(H,3,4). The molecule has 0 aromatic rings. The number of allylic oxidation sites excluding steroid dienone is 1. The lowest BCUT2D eigenvalue weighted by atomic mass is 9.96. The summed E-state index contributed by atoms with van der Waals surface area (Å²) >= 11 is 0. The normalized spacial score (nSPS) is 9.50. The number of carboxylic acid groups (broad SMARTS) is 1. The van der Waals surface area contributed by atoms with Crippen molar-refractivity contribution in [1.82, 2.24) is 0 Å². The van der Waals surface area contributed by atoms with E-state index in [4.69, 9.17) is 9.90 Å². The lowest BCUT2D eigenvalue weighted by Gasteiger charge is -2.10. The minimum atomic E-state index is -0.833. The van der Waals surface area contributed by atoms with Gasteiger partial charge in [-0.05, 0) is 18.8 Å². The van der Waals surface area contributed by atoms with Crippen molar-refractivity contribution in [2.24, 2.45) is 5.92 Å². The highest BCUT2D eigenvalue weighted by molar-refractivity contribution is 5.62. The maximum Gasteiger partial charge on any atom is 0.300 e. The molecular formula is C14H28O2. The van der Waals surface area contributed by atoms with Gasteiger partial charge in [0.15, 0.2) is 0 Å². The topological polar surface area (TPSA) is 37.3 Å². The van der Waals surface area contributed by atoms with Gasteiger partial charge >= 0.3 is 0 Å². The van der Waals surface area contributed by atoms with Gasteiger partial charge in [0, 0.05) is 6.92 Å². The van der Waals surface area contributed by atoms with E-state index in [9.17, 15) is 0 Å². The quantitative estimate of drug-likeness (QED) is 0.485. The Morgan fingerprint density at radius 1 is 1.25 bits per heavy atom. The molecule has 96 valence electrons. The van der Waals surface area contributed by atoms with Crippen LogP contribution in [0.3, 0.4) is 0 Å². The summed E-state index contributed by atoms with van der Waals surface area (Å²) in [6.45, 7) is 9.42. The van der Waals surface area contributed by atoms with Gasteiger partial charge in [-0.1, -0.05) is 52.0 Å². The fourth-order valence-corrected chi connectivity index (χ4v) is 1.60. The highest BCUT2D eigenvalue weighted by Gasteiger charge is 2.01.